The Balaban J connectivity index is 1.87. The summed E-state index contributed by atoms with van der Waals surface area (Å²) in [5.74, 6) is 0.472. The lowest BCUT2D eigenvalue weighted by Gasteiger charge is -2.38. The minimum Gasteiger partial charge on any atom is -0.444 e. The van der Waals surface area contributed by atoms with E-state index >= 15 is 0 Å². The Kier molecular flexibility index (Phi) is 6.05. The van der Waals surface area contributed by atoms with Crippen LogP contribution in [-0.2, 0) is 11.3 Å². The largest absolute Gasteiger partial charge is 0.444 e. The molecule has 4 heteroatoms. The van der Waals surface area contributed by atoms with Crippen LogP contribution in [0.25, 0.3) is 0 Å². The van der Waals surface area contributed by atoms with Gasteiger partial charge in [0.15, 0.2) is 0 Å². The van der Waals surface area contributed by atoms with Crippen molar-refractivity contribution in [2.75, 3.05) is 13.1 Å². The molecule has 2 atom stereocenters. The van der Waals surface area contributed by atoms with Crippen LogP contribution in [-0.4, -0.2) is 35.7 Å². The number of benzene rings is 1. The van der Waals surface area contributed by atoms with Crippen LogP contribution in [0.5, 0.6) is 0 Å². The number of carbonyl (C=O) groups is 1. The topological polar surface area (TPSA) is 41.6 Å². The Morgan fingerprint density at radius 2 is 2.00 bits per heavy atom. The fraction of sp³-hybridized carbons (Fsp3) is 0.632. The van der Waals surface area contributed by atoms with E-state index in [1.54, 1.807) is 0 Å². The maximum atomic E-state index is 12.0. The molecule has 2 rings (SSSR count). The van der Waals surface area contributed by atoms with Crippen molar-refractivity contribution in [3.8, 4) is 0 Å². The van der Waals surface area contributed by atoms with Gasteiger partial charge >= 0.3 is 6.09 Å². The summed E-state index contributed by atoms with van der Waals surface area (Å²) in [5, 5.41) is 3.07. The van der Waals surface area contributed by atoms with E-state index in [1.165, 1.54) is 5.56 Å². The molecule has 0 aromatic heterocycles. The predicted octanol–water partition coefficient (Wildman–Crippen LogP) is 3.81. The summed E-state index contributed by atoms with van der Waals surface area (Å²) in [6.45, 7) is 10.9. The number of nitrogens with one attached hydrogen (secondary N) is 1. The van der Waals surface area contributed by atoms with Gasteiger partial charge in [-0.1, -0.05) is 43.7 Å². The summed E-state index contributed by atoms with van der Waals surface area (Å²) < 4.78 is 5.39. The predicted molar refractivity (Wildman–Crippen MR) is 93.3 cm³/mol. The van der Waals surface area contributed by atoms with Crippen molar-refractivity contribution >= 4 is 6.09 Å². The molecule has 1 fully saturated rings. The van der Waals surface area contributed by atoms with Crippen LogP contribution in [0.4, 0.5) is 4.79 Å². The van der Waals surface area contributed by atoms with Gasteiger partial charge in [-0.3, -0.25) is 4.90 Å². The van der Waals surface area contributed by atoms with E-state index in [-0.39, 0.29) is 12.1 Å². The van der Waals surface area contributed by atoms with Crippen molar-refractivity contribution in [2.45, 2.75) is 58.7 Å². The number of piperidine rings is 1. The zero-order valence-electron chi connectivity index (χ0n) is 14.8. The maximum Gasteiger partial charge on any atom is 0.407 e. The van der Waals surface area contributed by atoms with E-state index < -0.39 is 5.60 Å². The number of rotatable bonds is 4. The van der Waals surface area contributed by atoms with Gasteiger partial charge in [-0.05, 0) is 38.7 Å². The molecule has 1 saturated heterocycles. The normalized spacial score (nSPS) is 22.6. The third kappa shape index (κ3) is 5.87. The Morgan fingerprint density at radius 1 is 1.30 bits per heavy atom. The number of carbonyl (C=O) groups excluding carboxylic acids is 1. The molecule has 0 radical (unpaired) electrons. The molecule has 1 N–H and O–H groups in total. The SMILES string of the molecule is CC[C@@H]1CN(Cc2ccccc2)CC[C@H]1NC(=O)OC(C)(C)C. The first kappa shape index (κ1) is 17.8. The maximum absolute atomic E-state index is 12.0. The number of ether oxygens (including phenoxy) is 1. The number of amides is 1. The highest BCUT2D eigenvalue weighted by molar-refractivity contribution is 5.68. The van der Waals surface area contributed by atoms with E-state index in [9.17, 15) is 4.79 Å². The second kappa shape index (κ2) is 7.82. The molecule has 23 heavy (non-hydrogen) atoms. The van der Waals surface area contributed by atoms with Crippen molar-refractivity contribution in [1.82, 2.24) is 10.2 Å². The van der Waals surface area contributed by atoms with Gasteiger partial charge in [-0.25, -0.2) is 4.79 Å². The molecule has 128 valence electrons. The van der Waals surface area contributed by atoms with Crippen molar-refractivity contribution in [1.29, 1.82) is 0 Å². The lowest BCUT2D eigenvalue weighted by Crippen LogP contribution is -2.51. The number of likely N-dealkylation sites (tertiary alicyclic amines) is 1. The Labute approximate surface area is 140 Å². The molecule has 0 bridgehead atoms. The molecule has 0 saturated carbocycles. The molecule has 1 aliphatic heterocycles. The Morgan fingerprint density at radius 3 is 2.61 bits per heavy atom. The van der Waals surface area contributed by atoms with Gasteiger partial charge in [0, 0.05) is 25.7 Å². The molecule has 1 aromatic carbocycles. The molecule has 1 heterocycles. The Hall–Kier alpha value is -1.55. The molecule has 1 aliphatic rings. The molecular formula is C19H30N2O2. The number of nitrogens with zero attached hydrogens (tertiary/aromatic N) is 1. The van der Waals surface area contributed by atoms with Gasteiger partial charge in [-0.2, -0.15) is 0 Å². The van der Waals surface area contributed by atoms with Crippen molar-refractivity contribution in [2.24, 2.45) is 5.92 Å². The zero-order chi connectivity index (χ0) is 16.9. The highest BCUT2D eigenvalue weighted by Gasteiger charge is 2.30. The van der Waals surface area contributed by atoms with Gasteiger partial charge in [0.25, 0.3) is 0 Å². The van der Waals surface area contributed by atoms with Crippen molar-refractivity contribution in [3.63, 3.8) is 0 Å². The minimum absolute atomic E-state index is 0.210. The molecule has 0 aliphatic carbocycles. The average Bonchev–Trinajstić information content (AvgIpc) is 2.48. The summed E-state index contributed by atoms with van der Waals surface area (Å²) in [4.78, 5) is 14.5. The molecule has 0 unspecified atom stereocenters. The van der Waals surface area contributed by atoms with E-state index in [1.807, 2.05) is 20.8 Å². The quantitative estimate of drug-likeness (QED) is 0.918. The van der Waals surface area contributed by atoms with Crippen LogP contribution in [0.1, 0.15) is 46.1 Å². The van der Waals surface area contributed by atoms with E-state index in [0.29, 0.717) is 5.92 Å². The summed E-state index contributed by atoms with van der Waals surface area (Å²) in [5.41, 5.74) is 0.903. The van der Waals surface area contributed by atoms with Crippen molar-refractivity contribution in [3.05, 3.63) is 35.9 Å². The van der Waals surface area contributed by atoms with Crippen LogP contribution in [0, 0.1) is 5.92 Å². The zero-order valence-corrected chi connectivity index (χ0v) is 14.8. The lowest BCUT2D eigenvalue weighted by molar-refractivity contribution is 0.0428. The first-order valence-electron chi connectivity index (χ1n) is 8.63. The second-order valence-electron chi connectivity index (χ2n) is 7.43. The second-order valence-corrected chi connectivity index (χ2v) is 7.43. The van der Waals surface area contributed by atoms with Gasteiger partial charge in [0.2, 0.25) is 0 Å². The highest BCUT2D eigenvalue weighted by Crippen LogP contribution is 2.22. The lowest BCUT2D eigenvalue weighted by atomic mass is 9.89. The molecule has 1 aromatic rings. The standard InChI is InChI=1S/C19H30N2O2/c1-5-16-14-21(13-15-9-7-6-8-10-15)12-11-17(16)20-18(22)23-19(2,3)4/h6-10,16-17H,5,11-14H2,1-4H3,(H,20,22)/t16-,17-/m1/s1. The van der Waals surface area contributed by atoms with E-state index in [2.05, 4.69) is 47.5 Å². The summed E-state index contributed by atoms with van der Waals surface area (Å²) in [6.07, 6.45) is 1.74. The van der Waals surface area contributed by atoms with Crippen molar-refractivity contribution < 1.29 is 9.53 Å². The van der Waals surface area contributed by atoms with E-state index in [4.69, 9.17) is 4.74 Å². The van der Waals surface area contributed by atoms with E-state index in [0.717, 1.165) is 32.5 Å². The van der Waals surface area contributed by atoms with Gasteiger partial charge in [-0.15, -0.1) is 0 Å². The van der Waals surface area contributed by atoms with Gasteiger partial charge < -0.3 is 10.1 Å². The monoisotopic (exact) mass is 318 g/mol. The highest BCUT2D eigenvalue weighted by atomic mass is 16.6. The molecular weight excluding hydrogens is 288 g/mol. The number of hydrogen-bond donors (Lipinski definition) is 1. The number of hydrogen-bond acceptors (Lipinski definition) is 3. The molecule has 0 spiro atoms. The fourth-order valence-corrected chi connectivity index (χ4v) is 3.16. The van der Waals surface area contributed by atoms with Crippen LogP contribution in [0.15, 0.2) is 30.3 Å². The van der Waals surface area contributed by atoms with Gasteiger partial charge in [0.05, 0.1) is 0 Å². The van der Waals surface area contributed by atoms with Crippen LogP contribution in [0.2, 0.25) is 0 Å². The van der Waals surface area contributed by atoms with Crippen LogP contribution in [0.3, 0.4) is 0 Å². The third-order valence-corrected chi connectivity index (χ3v) is 4.29. The third-order valence-electron chi connectivity index (χ3n) is 4.29. The summed E-state index contributed by atoms with van der Waals surface area (Å²) >= 11 is 0. The van der Waals surface area contributed by atoms with Crippen LogP contribution >= 0.6 is 0 Å². The first-order valence-corrected chi connectivity index (χ1v) is 8.63. The van der Waals surface area contributed by atoms with Crippen LogP contribution < -0.4 is 5.32 Å². The molecule has 1 amide bonds. The fourth-order valence-electron chi connectivity index (χ4n) is 3.16. The summed E-state index contributed by atoms with van der Waals surface area (Å²) in [6, 6.07) is 10.8. The first-order chi connectivity index (χ1) is 10.9. The summed E-state index contributed by atoms with van der Waals surface area (Å²) in [7, 11) is 0. The molecule has 4 nitrogen and oxygen atoms in total. The van der Waals surface area contributed by atoms with Gasteiger partial charge in [0.1, 0.15) is 5.60 Å². The smallest absolute Gasteiger partial charge is 0.407 e. The average molecular weight is 318 g/mol. The minimum atomic E-state index is -0.445. The number of alkyl carbamates (subject to hydrolysis) is 1. The Bertz CT molecular complexity index is 496.